The topological polar surface area (TPSA) is 58.2 Å². The molecular weight excluding hydrogens is 356 g/mol. The number of carbonyl (C=O) groups excluding carboxylic acids is 2. The van der Waals surface area contributed by atoms with E-state index in [0.29, 0.717) is 12.8 Å². The van der Waals surface area contributed by atoms with Gasteiger partial charge in [-0.1, -0.05) is 23.3 Å². The van der Waals surface area contributed by atoms with Gasteiger partial charge in [-0.3, -0.25) is 9.59 Å². The molecule has 0 aromatic heterocycles. The lowest BCUT2D eigenvalue weighted by atomic mass is 9.97. The van der Waals surface area contributed by atoms with Crippen molar-refractivity contribution in [2.75, 3.05) is 24.6 Å². The van der Waals surface area contributed by atoms with Crippen LogP contribution in [0.4, 0.5) is 0 Å². The van der Waals surface area contributed by atoms with Crippen LogP contribution < -0.4 is 10.6 Å². The van der Waals surface area contributed by atoms with Crippen LogP contribution in [0, 0.1) is 0 Å². The van der Waals surface area contributed by atoms with Crippen LogP contribution in [0.2, 0.25) is 0 Å². The van der Waals surface area contributed by atoms with Crippen molar-refractivity contribution >= 4 is 23.6 Å². The van der Waals surface area contributed by atoms with E-state index >= 15 is 0 Å². The van der Waals surface area contributed by atoms with Crippen molar-refractivity contribution in [2.24, 2.45) is 0 Å². The highest BCUT2D eigenvalue weighted by molar-refractivity contribution is 7.99. The predicted octanol–water partition coefficient (Wildman–Crippen LogP) is 4.51. The summed E-state index contributed by atoms with van der Waals surface area (Å²) in [6, 6.07) is 0. The molecule has 5 heteroatoms. The lowest BCUT2D eigenvalue weighted by Gasteiger charge is -2.13. The van der Waals surface area contributed by atoms with Crippen molar-refractivity contribution in [3.63, 3.8) is 0 Å². The maximum atomic E-state index is 11.8. The molecule has 0 fully saturated rings. The molecule has 0 saturated heterocycles. The SMILES string of the molecule is O=C(CCSCCC(=O)NCCC1=CCCCC1)NCCC1=CCCCC1. The van der Waals surface area contributed by atoms with E-state index in [-0.39, 0.29) is 11.8 Å². The molecule has 2 aliphatic rings. The molecule has 4 nitrogen and oxygen atoms in total. The van der Waals surface area contributed by atoms with E-state index in [1.165, 1.54) is 62.5 Å². The van der Waals surface area contributed by atoms with Crippen LogP contribution in [-0.2, 0) is 9.59 Å². The van der Waals surface area contributed by atoms with Crippen molar-refractivity contribution in [3.8, 4) is 0 Å². The Balaban J connectivity index is 1.39. The first-order valence-corrected chi connectivity index (χ1v) is 11.9. The maximum Gasteiger partial charge on any atom is 0.220 e. The standard InChI is InChI=1S/C22H36N2O2S/c25-21(23-15-11-19-7-3-1-4-8-19)13-17-27-18-14-22(26)24-16-12-20-9-5-2-6-10-20/h7,9H,1-6,8,10-18H2,(H,23,25)(H,24,26). The summed E-state index contributed by atoms with van der Waals surface area (Å²) >= 11 is 1.69. The average molecular weight is 393 g/mol. The highest BCUT2D eigenvalue weighted by atomic mass is 32.2. The molecule has 0 unspecified atom stereocenters. The summed E-state index contributed by atoms with van der Waals surface area (Å²) in [4.78, 5) is 23.7. The van der Waals surface area contributed by atoms with E-state index in [4.69, 9.17) is 0 Å². The van der Waals surface area contributed by atoms with Crippen LogP contribution in [0.3, 0.4) is 0 Å². The van der Waals surface area contributed by atoms with Gasteiger partial charge in [-0.25, -0.2) is 0 Å². The van der Waals surface area contributed by atoms with E-state index in [0.717, 1.165) is 37.4 Å². The van der Waals surface area contributed by atoms with Crippen molar-refractivity contribution in [2.45, 2.75) is 77.0 Å². The lowest BCUT2D eigenvalue weighted by molar-refractivity contribution is -0.121. The molecule has 0 aromatic carbocycles. The molecule has 0 saturated carbocycles. The molecule has 27 heavy (non-hydrogen) atoms. The highest BCUT2D eigenvalue weighted by Crippen LogP contribution is 2.20. The minimum Gasteiger partial charge on any atom is -0.356 e. The van der Waals surface area contributed by atoms with E-state index in [9.17, 15) is 9.59 Å². The third kappa shape index (κ3) is 10.6. The van der Waals surface area contributed by atoms with Crippen molar-refractivity contribution < 1.29 is 9.59 Å². The van der Waals surface area contributed by atoms with E-state index in [2.05, 4.69) is 22.8 Å². The zero-order valence-corrected chi connectivity index (χ0v) is 17.5. The van der Waals surface area contributed by atoms with E-state index < -0.39 is 0 Å². The first-order chi connectivity index (χ1) is 13.2. The molecular formula is C22H36N2O2S. The Morgan fingerprint density at radius 1 is 0.778 bits per heavy atom. The summed E-state index contributed by atoms with van der Waals surface area (Å²) in [5.41, 5.74) is 3.00. The first kappa shape index (κ1) is 22.1. The van der Waals surface area contributed by atoms with Gasteiger partial charge in [0.25, 0.3) is 0 Å². The van der Waals surface area contributed by atoms with Crippen molar-refractivity contribution in [1.29, 1.82) is 0 Å². The number of allylic oxidation sites excluding steroid dienone is 2. The van der Waals surface area contributed by atoms with E-state index in [1.807, 2.05) is 0 Å². The molecule has 2 aliphatic carbocycles. The largest absolute Gasteiger partial charge is 0.356 e. The van der Waals surface area contributed by atoms with Gasteiger partial charge in [0.2, 0.25) is 11.8 Å². The fourth-order valence-electron chi connectivity index (χ4n) is 3.60. The van der Waals surface area contributed by atoms with Gasteiger partial charge >= 0.3 is 0 Å². The minimum atomic E-state index is 0.129. The fourth-order valence-corrected chi connectivity index (χ4v) is 4.46. The molecule has 0 aromatic rings. The summed E-state index contributed by atoms with van der Waals surface area (Å²) in [5.74, 6) is 1.83. The van der Waals surface area contributed by atoms with Gasteiger partial charge in [-0.15, -0.1) is 0 Å². The number of amides is 2. The molecule has 0 radical (unpaired) electrons. The lowest BCUT2D eigenvalue weighted by Crippen LogP contribution is -2.26. The normalized spacial score (nSPS) is 17.0. The number of carbonyl (C=O) groups is 2. The second-order valence-electron chi connectivity index (χ2n) is 7.53. The van der Waals surface area contributed by atoms with Crippen LogP contribution in [-0.4, -0.2) is 36.4 Å². The van der Waals surface area contributed by atoms with Gasteiger partial charge in [0, 0.05) is 37.4 Å². The Morgan fingerprint density at radius 3 is 1.67 bits per heavy atom. The molecule has 0 spiro atoms. The summed E-state index contributed by atoms with van der Waals surface area (Å²) in [7, 11) is 0. The van der Waals surface area contributed by atoms with Crippen LogP contribution in [0.1, 0.15) is 77.0 Å². The van der Waals surface area contributed by atoms with Gasteiger partial charge in [0.1, 0.15) is 0 Å². The Morgan fingerprint density at radius 2 is 1.26 bits per heavy atom. The zero-order valence-electron chi connectivity index (χ0n) is 16.7. The number of thioether (sulfide) groups is 1. The van der Waals surface area contributed by atoms with Gasteiger partial charge < -0.3 is 10.6 Å². The molecule has 152 valence electrons. The number of hydrogen-bond donors (Lipinski definition) is 2. The third-order valence-corrected chi connectivity index (χ3v) is 6.24. The molecule has 2 N–H and O–H groups in total. The Labute approximate surface area is 169 Å². The number of hydrogen-bond acceptors (Lipinski definition) is 3. The van der Waals surface area contributed by atoms with Crippen LogP contribution in [0.25, 0.3) is 0 Å². The number of nitrogens with one attached hydrogen (secondary N) is 2. The van der Waals surface area contributed by atoms with Crippen LogP contribution in [0.5, 0.6) is 0 Å². The minimum absolute atomic E-state index is 0.129. The molecule has 0 heterocycles. The van der Waals surface area contributed by atoms with Gasteiger partial charge in [0.05, 0.1) is 0 Å². The van der Waals surface area contributed by atoms with Gasteiger partial charge in [-0.2, -0.15) is 11.8 Å². The Bertz CT molecular complexity index is 482. The zero-order chi connectivity index (χ0) is 19.2. The average Bonchev–Trinajstić information content (AvgIpc) is 2.69. The molecule has 0 bridgehead atoms. The monoisotopic (exact) mass is 392 g/mol. The third-order valence-electron chi connectivity index (χ3n) is 5.25. The predicted molar refractivity (Wildman–Crippen MR) is 115 cm³/mol. The quantitative estimate of drug-likeness (QED) is 0.379. The highest BCUT2D eigenvalue weighted by Gasteiger charge is 2.07. The fraction of sp³-hybridized carbons (Fsp3) is 0.727. The summed E-state index contributed by atoms with van der Waals surface area (Å²) in [6.45, 7) is 1.52. The second kappa shape index (κ2) is 13.9. The smallest absolute Gasteiger partial charge is 0.220 e. The van der Waals surface area contributed by atoms with Gasteiger partial charge in [0.15, 0.2) is 0 Å². The van der Waals surface area contributed by atoms with Crippen molar-refractivity contribution in [1.82, 2.24) is 10.6 Å². The summed E-state index contributed by atoms with van der Waals surface area (Å²) in [5, 5.41) is 6.02. The Hall–Kier alpha value is -1.23. The summed E-state index contributed by atoms with van der Waals surface area (Å²) < 4.78 is 0. The van der Waals surface area contributed by atoms with Crippen LogP contribution in [0.15, 0.2) is 23.3 Å². The van der Waals surface area contributed by atoms with E-state index in [1.54, 1.807) is 11.8 Å². The Kier molecular flexibility index (Phi) is 11.3. The molecule has 2 amide bonds. The van der Waals surface area contributed by atoms with Crippen LogP contribution >= 0.6 is 11.8 Å². The number of rotatable bonds is 12. The van der Waals surface area contributed by atoms with Gasteiger partial charge in [-0.05, 0) is 64.2 Å². The summed E-state index contributed by atoms with van der Waals surface area (Å²) in [6.07, 6.45) is 17.7. The molecule has 0 aliphatic heterocycles. The van der Waals surface area contributed by atoms with Crippen molar-refractivity contribution in [3.05, 3.63) is 23.3 Å². The maximum absolute atomic E-state index is 11.8. The first-order valence-electron chi connectivity index (χ1n) is 10.7. The molecule has 0 atom stereocenters. The second-order valence-corrected chi connectivity index (χ2v) is 8.75. The molecule has 2 rings (SSSR count).